The molecule has 0 aliphatic heterocycles. The van der Waals surface area contributed by atoms with E-state index in [1.54, 1.807) is 0 Å². The van der Waals surface area contributed by atoms with Crippen LogP contribution in [0.3, 0.4) is 0 Å². The van der Waals surface area contributed by atoms with Gasteiger partial charge in [0.05, 0.1) is 18.8 Å². The van der Waals surface area contributed by atoms with Crippen LogP contribution in [0.5, 0.6) is 0 Å². The van der Waals surface area contributed by atoms with Crippen molar-refractivity contribution in [1.29, 1.82) is 0 Å². The molecule has 1 amide bonds. The molecule has 0 saturated heterocycles. The van der Waals surface area contributed by atoms with E-state index in [4.69, 9.17) is 0 Å². The van der Waals surface area contributed by atoms with E-state index in [2.05, 4.69) is 55.6 Å². The summed E-state index contributed by atoms with van der Waals surface area (Å²) in [6.07, 6.45) is 55.5. The molecule has 5 nitrogen and oxygen atoms in total. The maximum atomic E-state index is 12.4. The highest BCUT2D eigenvalue weighted by molar-refractivity contribution is 5.76. The normalized spacial score (nSPS) is 13.8. The van der Waals surface area contributed by atoms with E-state index < -0.39 is 18.2 Å². The molecule has 0 aromatic rings. The number of amides is 1. The predicted octanol–water partition coefficient (Wildman–Crippen LogP) is 13.9. The molecule has 3 atom stereocenters. The quantitative estimate of drug-likeness (QED) is 0.0368. The molecule has 318 valence electrons. The summed E-state index contributed by atoms with van der Waals surface area (Å²) >= 11 is 0. The smallest absolute Gasteiger partial charge is 0.220 e. The molecule has 0 fully saturated rings. The number of hydrogen-bond acceptors (Lipinski definition) is 4. The zero-order valence-electron chi connectivity index (χ0n) is 36.1. The average Bonchev–Trinajstić information content (AvgIpc) is 3.18. The number of nitrogens with one attached hydrogen (secondary N) is 1. The number of aliphatic hydroxyl groups is 3. The Bertz CT molecular complexity index is 840. The van der Waals surface area contributed by atoms with Gasteiger partial charge in [0.2, 0.25) is 5.91 Å². The third kappa shape index (κ3) is 38.8. The molecule has 0 heterocycles. The minimum atomic E-state index is -1.17. The van der Waals surface area contributed by atoms with Gasteiger partial charge in [-0.3, -0.25) is 4.79 Å². The van der Waals surface area contributed by atoms with Crippen molar-refractivity contribution < 1.29 is 20.1 Å². The van der Waals surface area contributed by atoms with E-state index in [-0.39, 0.29) is 12.5 Å². The van der Waals surface area contributed by atoms with Crippen molar-refractivity contribution in [1.82, 2.24) is 5.32 Å². The molecule has 54 heavy (non-hydrogen) atoms. The van der Waals surface area contributed by atoms with E-state index in [1.807, 2.05) is 0 Å². The Kier molecular flexibility index (Phi) is 43.1. The monoisotopic (exact) mass is 760 g/mol. The van der Waals surface area contributed by atoms with Gasteiger partial charge in [-0.05, 0) is 77.0 Å². The van der Waals surface area contributed by atoms with Gasteiger partial charge in [0, 0.05) is 6.42 Å². The van der Waals surface area contributed by atoms with Crippen molar-refractivity contribution in [3.05, 3.63) is 36.5 Å². The molecule has 0 aliphatic rings. The first kappa shape index (κ1) is 52.6. The Labute approximate surface area is 336 Å². The summed E-state index contributed by atoms with van der Waals surface area (Å²) in [7, 11) is 0. The van der Waals surface area contributed by atoms with Crippen LogP contribution in [0.4, 0.5) is 0 Å². The molecule has 0 radical (unpaired) electrons. The minimum absolute atomic E-state index is 0.162. The van der Waals surface area contributed by atoms with Gasteiger partial charge in [-0.15, -0.1) is 0 Å². The van der Waals surface area contributed by atoms with Crippen molar-refractivity contribution in [2.24, 2.45) is 0 Å². The maximum absolute atomic E-state index is 12.4. The van der Waals surface area contributed by atoms with Gasteiger partial charge in [0.25, 0.3) is 0 Å². The fourth-order valence-electron chi connectivity index (χ4n) is 7.23. The van der Waals surface area contributed by atoms with E-state index >= 15 is 0 Å². The number of rotatable bonds is 43. The number of allylic oxidation sites excluding steroid dienone is 6. The fourth-order valence-corrected chi connectivity index (χ4v) is 7.23. The molecule has 4 N–H and O–H groups in total. The topological polar surface area (TPSA) is 89.8 Å². The Morgan fingerprint density at radius 1 is 0.444 bits per heavy atom. The SMILES string of the molecule is CCCCCCCCCC/C=C\CCCCCCCCCC(=O)NC(CO)C(O)C(O)CCC/C=C/CC/C=C/CCCCCCCCCCCCCC. The van der Waals surface area contributed by atoms with Gasteiger partial charge in [-0.25, -0.2) is 0 Å². The first-order valence-corrected chi connectivity index (χ1v) is 23.8. The molecule has 0 spiro atoms. The Balaban J connectivity index is 3.68. The van der Waals surface area contributed by atoms with Crippen LogP contribution in [0.1, 0.15) is 245 Å². The summed E-state index contributed by atoms with van der Waals surface area (Å²) in [5.74, 6) is -0.162. The predicted molar refractivity (Wildman–Crippen MR) is 236 cm³/mol. The van der Waals surface area contributed by atoms with Crippen LogP contribution >= 0.6 is 0 Å². The third-order valence-electron chi connectivity index (χ3n) is 10.9. The summed E-state index contributed by atoms with van der Waals surface area (Å²) < 4.78 is 0. The van der Waals surface area contributed by atoms with Crippen molar-refractivity contribution in [3.8, 4) is 0 Å². The summed E-state index contributed by atoms with van der Waals surface area (Å²) in [5.41, 5.74) is 0. The average molecular weight is 760 g/mol. The van der Waals surface area contributed by atoms with Crippen LogP contribution in [-0.4, -0.2) is 46.1 Å². The molecular weight excluding hydrogens is 667 g/mol. The molecule has 0 aromatic heterocycles. The molecule has 0 aromatic carbocycles. The summed E-state index contributed by atoms with van der Waals surface area (Å²) in [5, 5.41) is 33.6. The first-order chi connectivity index (χ1) is 26.6. The number of carbonyl (C=O) groups is 1. The summed E-state index contributed by atoms with van der Waals surface area (Å²) in [6, 6.07) is -0.834. The Hall–Kier alpha value is -1.43. The third-order valence-corrected chi connectivity index (χ3v) is 10.9. The van der Waals surface area contributed by atoms with E-state index in [9.17, 15) is 20.1 Å². The van der Waals surface area contributed by atoms with Crippen molar-refractivity contribution in [2.45, 2.75) is 263 Å². The second-order valence-electron chi connectivity index (χ2n) is 16.3. The van der Waals surface area contributed by atoms with Crippen LogP contribution in [0.25, 0.3) is 0 Å². The number of carbonyl (C=O) groups excluding carboxylic acids is 1. The number of aliphatic hydroxyl groups excluding tert-OH is 3. The first-order valence-electron chi connectivity index (χ1n) is 23.8. The van der Waals surface area contributed by atoms with Crippen LogP contribution in [0, 0.1) is 0 Å². The molecule has 0 aliphatic carbocycles. The van der Waals surface area contributed by atoms with Gasteiger partial charge in [0.1, 0.15) is 6.10 Å². The van der Waals surface area contributed by atoms with Gasteiger partial charge >= 0.3 is 0 Å². The largest absolute Gasteiger partial charge is 0.394 e. The lowest BCUT2D eigenvalue weighted by atomic mass is 10.0. The van der Waals surface area contributed by atoms with Crippen LogP contribution in [0.15, 0.2) is 36.5 Å². The number of unbranched alkanes of at least 4 members (excludes halogenated alkanes) is 29. The van der Waals surface area contributed by atoms with Crippen LogP contribution in [-0.2, 0) is 4.79 Å². The van der Waals surface area contributed by atoms with Crippen molar-refractivity contribution in [2.75, 3.05) is 6.61 Å². The second-order valence-corrected chi connectivity index (χ2v) is 16.3. The van der Waals surface area contributed by atoms with Crippen molar-refractivity contribution >= 4 is 5.91 Å². The van der Waals surface area contributed by atoms with E-state index in [0.29, 0.717) is 12.8 Å². The van der Waals surface area contributed by atoms with Gasteiger partial charge in [-0.2, -0.15) is 0 Å². The highest BCUT2D eigenvalue weighted by atomic mass is 16.3. The zero-order chi connectivity index (χ0) is 39.4. The van der Waals surface area contributed by atoms with E-state index in [1.165, 1.54) is 173 Å². The highest BCUT2D eigenvalue weighted by Crippen LogP contribution is 2.15. The lowest BCUT2D eigenvalue weighted by molar-refractivity contribution is -0.124. The minimum Gasteiger partial charge on any atom is -0.394 e. The van der Waals surface area contributed by atoms with Gasteiger partial charge < -0.3 is 20.6 Å². The second kappa shape index (κ2) is 44.3. The summed E-state index contributed by atoms with van der Waals surface area (Å²) in [6.45, 7) is 4.17. The fraction of sp³-hybridized carbons (Fsp3) is 0.857. The summed E-state index contributed by atoms with van der Waals surface area (Å²) in [4.78, 5) is 12.4. The molecule has 5 heteroatoms. The standard InChI is InChI=1S/C49H93NO4/c1-3-5-7-9-11-13-15-17-19-21-23-24-26-27-29-31-33-35-37-39-41-43-47(52)49(54)46(45-51)50-48(53)44-42-40-38-36-34-32-30-28-25-22-20-18-16-14-12-10-8-6-4-2/h22,25,27,29,35,37,46-47,49,51-52,54H,3-21,23-24,26,28,30-34,36,38-45H2,1-2H3,(H,50,53)/b25-22-,29-27+,37-35+. The van der Waals surface area contributed by atoms with E-state index in [0.717, 1.165) is 44.9 Å². The lowest BCUT2D eigenvalue weighted by Gasteiger charge is -2.26. The lowest BCUT2D eigenvalue weighted by Crippen LogP contribution is -2.50. The molecule has 0 saturated carbocycles. The number of hydrogen-bond donors (Lipinski definition) is 4. The van der Waals surface area contributed by atoms with Crippen molar-refractivity contribution in [3.63, 3.8) is 0 Å². The molecular formula is C49H93NO4. The maximum Gasteiger partial charge on any atom is 0.220 e. The highest BCUT2D eigenvalue weighted by Gasteiger charge is 2.26. The Morgan fingerprint density at radius 3 is 1.13 bits per heavy atom. The van der Waals surface area contributed by atoms with Crippen LogP contribution < -0.4 is 5.32 Å². The van der Waals surface area contributed by atoms with Gasteiger partial charge in [0.15, 0.2) is 0 Å². The van der Waals surface area contributed by atoms with Crippen LogP contribution in [0.2, 0.25) is 0 Å². The van der Waals surface area contributed by atoms with Gasteiger partial charge in [-0.1, -0.05) is 198 Å². The molecule has 0 rings (SSSR count). The molecule has 3 unspecified atom stereocenters. The zero-order valence-corrected chi connectivity index (χ0v) is 36.1. The Morgan fingerprint density at radius 2 is 0.759 bits per heavy atom. The molecule has 0 bridgehead atoms.